The van der Waals surface area contributed by atoms with E-state index in [2.05, 4.69) is 21.6 Å². The predicted molar refractivity (Wildman–Crippen MR) is 101 cm³/mol. The lowest BCUT2D eigenvalue weighted by Gasteiger charge is -2.14. The fourth-order valence-electron chi connectivity index (χ4n) is 2.58. The SMILES string of the molecule is CN(C)Cc1ccccc1CNC(=O)c1ccc(NC(=O)C2CC2)s1. The van der Waals surface area contributed by atoms with Crippen molar-refractivity contribution in [2.75, 3.05) is 19.4 Å². The summed E-state index contributed by atoms with van der Waals surface area (Å²) in [6.07, 6.45) is 1.94. The first kappa shape index (κ1) is 17.6. The largest absolute Gasteiger partial charge is 0.347 e. The molecule has 0 radical (unpaired) electrons. The van der Waals surface area contributed by atoms with E-state index in [0.717, 1.165) is 30.0 Å². The molecule has 0 aliphatic heterocycles. The molecule has 1 aromatic carbocycles. The minimum absolute atomic E-state index is 0.0615. The number of thiophene rings is 1. The number of nitrogens with zero attached hydrogens (tertiary/aromatic N) is 1. The first-order valence-electron chi connectivity index (χ1n) is 8.43. The van der Waals surface area contributed by atoms with Crippen LogP contribution in [0, 0.1) is 5.92 Å². The van der Waals surface area contributed by atoms with Crippen LogP contribution in [0.4, 0.5) is 5.00 Å². The molecule has 0 saturated heterocycles. The molecule has 2 aromatic rings. The van der Waals surface area contributed by atoms with Gasteiger partial charge in [-0.2, -0.15) is 0 Å². The monoisotopic (exact) mass is 357 g/mol. The third-order valence-corrected chi connectivity index (χ3v) is 5.07. The molecule has 1 aliphatic carbocycles. The third kappa shape index (κ3) is 4.90. The lowest BCUT2D eigenvalue weighted by Crippen LogP contribution is -2.23. The summed E-state index contributed by atoms with van der Waals surface area (Å²) in [5.74, 6) is 0.107. The van der Waals surface area contributed by atoms with Gasteiger partial charge in [-0.25, -0.2) is 0 Å². The molecule has 0 atom stereocenters. The molecule has 1 aromatic heterocycles. The lowest BCUT2D eigenvalue weighted by atomic mass is 10.1. The van der Waals surface area contributed by atoms with E-state index in [9.17, 15) is 9.59 Å². The molecular weight excluding hydrogens is 334 g/mol. The molecule has 1 aliphatic rings. The summed E-state index contributed by atoms with van der Waals surface area (Å²) < 4.78 is 0. The van der Waals surface area contributed by atoms with E-state index in [4.69, 9.17) is 0 Å². The van der Waals surface area contributed by atoms with Crippen LogP contribution in [0.1, 0.15) is 33.6 Å². The van der Waals surface area contributed by atoms with Gasteiger partial charge in [0.25, 0.3) is 5.91 Å². The second kappa shape index (κ2) is 7.80. The van der Waals surface area contributed by atoms with Gasteiger partial charge in [0, 0.05) is 19.0 Å². The Kier molecular flexibility index (Phi) is 5.50. The molecule has 5 nitrogen and oxygen atoms in total. The third-order valence-electron chi connectivity index (χ3n) is 4.07. The van der Waals surface area contributed by atoms with Crippen LogP contribution < -0.4 is 10.6 Å². The standard InChI is InChI=1S/C19H23N3O2S/c1-22(2)12-15-6-4-3-5-14(15)11-20-19(24)16-9-10-17(25-16)21-18(23)13-7-8-13/h3-6,9-10,13H,7-8,11-12H2,1-2H3,(H,20,24)(H,21,23). The normalized spacial score (nSPS) is 13.7. The molecule has 0 unspecified atom stereocenters. The van der Waals surface area contributed by atoms with Crippen LogP contribution in [0.2, 0.25) is 0 Å². The van der Waals surface area contributed by atoms with Crippen molar-refractivity contribution in [2.24, 2.45) is 5.92 Å². The number of anilines is 1. The van der Waals surface area contributed by atoms with Crippen LogP contribution in [-0.2, 0) is 17.9 Å². The molecule has 25 heavy (non-hydrogen) atoms. The zero-order valence-corrected chi connectivity index (χ0v) is 15.4. The number of amides is 2. The average molecular weight is 357 g/mol. The van der Waals surface area contributed by atoms with E-state index in [-0.39, 0.29) is 17.7 Å². The number of rotatable bonds is 7. The number of nitrogens with one attached hydrogen (secondary N) is 2. The van der Waals surface area contributed by atoms with Gasteiger partial charge in [-0.15, -0.1) is 11.3 Å². The highest BCUT2D eigenvalue weighted by molar-refractivity contribution is 7.18. The van der Waals surface area contributed by atoms with Crippen LogP contribution in [0.25, 0.3) is 0 Å². The smallest absolute Gasteiger partial charge is 0.261 e. The fourth-order valence-corrected chi connectivity index (χ4v) is 3.41. The Labute approximate surface area is 152 Å². The van der Waals surface area contributed by atoms with Gasteiger partial charge in [-0.1, -0.05) is 24.3 Å². The maximum atomic E-state index is 12.4. The predicted octanol–water partition coefficient (Wildman–Crippen LogP) is 3.09. The molecule has 6 heteroatoms. The number of hydrogen-bond acceptors (Lipinski definition) is 4. The minimum Gasteiger partial charge on any atom is -0.347 e. The van der Waals surface area contributed by atoms with Gasteiger partial charge in [0.2, 0.25) is 5.91 Å². The zero-order valence-electron chi connectivity index (χ0n) is 14.5. The second-order valence-corrected chi connectivity index (χ2v) is 7.70. The van der Waals surface area contributed by atoms with Gasteiger partial charge in [0.05, 0.1) is 9.88 Å². The van der Waals surface area contributed by atoms with E-state index >= 15 is 0 Å². The number of hydrogen-bond donors (Lipinski definition) is 2. The van der Waals surface area contributed by atoms with Crippen LogP contribution in [0.5, 0.6) is 0 Å². The first-order valence-corrected chi connectivity index (χ1v) is 9.25. The van der Waals surface area contributed by atoms with Crippen molar-refractivity contribution >= 4 is 28.2 Å². The van der Waals surface area contributed by atoms with Gasteiger partial charge >= 0.3 is 0 Å². The van der Waals surface area contributed by atoms with Crippen molar-refractivity contribution in [2.45, 2.75) is 25.9 Å². The summed E-state index contributed by atoms with van der Waals surface area (Å²) in [5.41, 5.74) is 2.32. The van der Waals surface area contributed by atoms with Crippen molar-refractivity contribution in [1.29, 1.82) is 0 Å². The summed E-state index contributed by atoms with van der Waals surface area (Å²) in [7, 11) is 4.05. The quantitative estimate of drug-likeness (QED) is 0.800. The molecule has 1 saturated carbocycles. The van der Waals surface area contributed by atoms with Crippen LogP contribution in [-0.4, -0.2) is 30.8 Å². The van der Waals surface area contributed by atoms with Crippen molar-refractivity contribution in [1.82, 2.24) is 10.2 Å². The number of carbonyl (C=O) groups is 2. The van der Waals surface area contributed by atoms with Crippen molar-refractivity contribution < 1.29 is 9.59 Å². The molecule has 3 rings (SSSR count). The van der Waals surface area contributed by atoms with Gasteiger partial charge < -0.3 is 15.5 Å². The maximum Gasteiger partial charge on any atom is 0.261 e. The fraction of sp³-hybridized carbons (Fsp3) is 0.368. The van der Waals surface area contributed by atoms with Crippen LogP contribution in [0.3, 0.4) is 0 Å². The number of carbonyl (C=O) groups excluding carboxylic acids is 2. The van der Waals surface area contributed by atoms with E-state index in [1.165, 1.54) is 16.9 Å². The molecule has 132 valence electrons. The summed E-state index contributed by atoms with van der Waals surface area (Å²) in [4.78, 5) is 26.9. The van der Waals surface area contributed by atoms with Gasteiger partial charge in [0.1, 0.15) is 0 Å². The van der Waals surface area contributed by atoms with Gasteiger partial charge in [-0.3, -0.25) is 9.59 Å². The van der Waals surface area contributed by atoms with Crippen LogP contribution in [0.15, 0.2) is 36.4 Å². The van der Waals surface area contributed by atoms with E-state index < -0.39 is 0 Å². The Morgan fingerprint density at radius 3 is 2.52 bits per heavy atom. The summed E-state index contributed by atoms with van der Waals surface area (Å²) >= 11 is 1.31. The van der Waals surface area contributed by atoms with Gasteiger partial charge in [-0.05, 0) is 50.2 Å². The Morgan fingerprint density at radius 2 is 1.84 bits per heavy atom. The van der Waals surface area contributed by atoms with Crippen molar-refractivity contribution in [3.63, 3.8) is 0 Å². The number of benzene rings is 1. The summed E-state index contributed by atoms with van der Waals surface area (Å²) in [6, 6.07) is 11.7. The lowest BCUT2D eigenvalue weighted by molar-refractivity contribution is -0.117. The van der Waals surface area contributed by atoms with Crippen molar-refractivity contribution in [3.05, 3.63) is 52.4 Å². The molecule has 0 spiro atoms. The summed E-state index contributed by atoms with van der Waals surface area (Å²) in [5, 5.41) is 6.58. The zero-order chi connectivity index (χ0) is 17.8. The Morgan fingerprint density at radius 1 is 1.12 bits per heavy atom. The molecule has 2 N–H and O–H groups in total. The minimum atomic E-state index is -0.114. The molecular formula is C19H23N3O2S. The Bertz CT molecular complexity index is 766. The van der Waals surface area contributed by atoms with Crippen LogP contribution >= 0.6 is 11.3 Å². The highest BCUT2D eigenvalue weighted by Gasteiger charge is 2.29. The van der Waals surface area contributed by atoms with E-state index in [0.29, 0.717) is 11.4 Å². The molecule has 1 heterocycles. The molecule has 1 fully saturated rings. The molecule has 2 amide bonds. The Balaban J connectivity index is 1.57. The maximum absolute atomic E-state index is 12.4. The molecule has 0 bridgehead atoms. The topological polar surface area (TPSA) is 61.4 Å². The highest BCUT2D eigenvalue weighted by atomic mass is 32.1. The Hall–Kier alpha value is -2.18. The highest BCUT2D eigenvalue weighted by Crippen LogP contribution is 2.31. The van der Waals surface area contributed by atoms with Crippen molar-refractivity contribution in [3.8, 4) is 0 Å². The van der Waals surface area contributed by atoms with Gasteiger partial charge in [0.15, 0.2) is 0 Å². The summed E-state index contributed by atoms with van der Waals surface area (Å²) in [6.45, 7) is 1.33. The first-order chi connectivity index (χ1) is 12.0. The second-order valence-electron chi connectivity index (χ2n) is 6.62. The average Bonchev–Trinajstić information content (AvgIpc) is 3.33. The van der Waals surface area contributed by atoms with E-state index in [1.54, 1.807) is 12.1 Å². The van der Waals surface area contributed by atoms with E-state index in [1.807, 2.05) is 32.3 Å².